The van der Waals surface area contributed by atoms with Gasteiger partial charge in [-0.2, -0.15) is 0 Å². The third-order valence-electron chi connectivity index (χ3n) is 2.72. The average Bonchev–Trinajstić information content (AvgIpc) is 2.75. The van der Waals surface area contributed by atoms with Crippen molar-refractivity contribution in [3.05, 3.63) is 0 Å². The maximum Gasteiger partial charge on any atom is 0.325 e. The van der Waals surface area contributed by atoms with E-state index in [1.165, 1.54) is 4.90 Å². The predicted octanol–water partition coefficient (Wildman–Crippen LogP) is 0.0667. The van der Waals surface area contributed by atoms with Crippen LogP contribution in [-0.2, 0) is 19.1 Å². The number of carbonyl (C=O) groups is 3. The highest BCUT2D eigenvalue weighted by molar-refractivity contribution is 5.92. The van der Waals surface area contributed by atoms with Crippen molar-refractivity contribution in [2.24, 2.45) is 0 Å². The van der Waals surface area contributed by atoms with Gasteiger partial charge in [0.15, 0.2) is 0 Å². The van der Waals surface area contributed by atoms with Gasteiger partial charge in [0.2, 0.25) is 11.8 Å². The molecule has 1 saturated heterocycles. The molecular formula is C12H20N2O4. The lowest BCUT2D eigenvalue weighted by atomic mass is 10.2. The lowest BCUT2D eigenvalue weighted by Gasteiger charge is -2.24. The Morgan fingerprint density at radius 1 is 1.44 bits per heavy atom. The first-order chi connectivity index (χ1) is 8.58. The van der Waals surface area contributed by atoms with Gasteiger partial charge in [0.1, 0.15) is 12.6 Å². The SMILES string of the molecule is CCCN(CC(=O)OCC)C(=O)C1CCC(=O)N1. The van der Waals surface area contributed by atoms with Crippen LogP contribution in [0, 0.1) is 0 Å². The minimum Gasteiger partial charge on any atom is -0.465 e. The minimum absolute atomic E-state index is 0.0487. The van der Waals surface area contributed by atoms with Crippen LogP contribution in [0.3, 0.4) is 0 Å². The monoisotopic (exact) mass is 256 g/mol. The van der Waals surface area contributed by atoms with E-state index in [1.54, 1.807) is 6.92 Å². The number of nitrogens with zero attached hydrogens (tertiary/aromatic N) is 1. The molecule has 0 spiro atoms. The fourth-order valence-corrected chi connectivity index (χ4v) is 1.92. The van der Waals surface area contributed by atoms with Crippen molar-refractivity contribution < 1.29 is 19.1 Å². The third kappa shape index (κ3) is 4.01. The van der Waals surface area contributed by atoms with Gasteiger partial charge in [-0.3, -0.25) is 14.4 Å². The van der Waals surface area contributed by atoms with Crippen LogP contribution in [0.2, 0.25) is 0 Å². The highest BCUT2D eigenvalue weighted by atomic mass is 16.5. The van der Waals surface area contributed by atoms with Gasteiger partial charge in [0.25, 0.3) is 0 Å². The van der Waals surface area contributed by atoms with Gasteiger partial charge in [-0.1, -0.05) is 6.92 Å². The highest BCUT2D eigenvalue weighted by Gasteiger charge is 2.31. The zero-order valence-corrected chi connectivity index (χ0v) is 10.9. The Labute approximate surface area is 107 Å². The van der Waals surface area contributed by atoms with Crippen molar-refractivity contribution in [1.29, 1.82) is 0 Å². The van der Waals surface area contributed by atoms with E-state index in [4.69, 9.17) is 4.74 Å². The fourth-order valence-electron chi connectivity index (χ4n) is 1.92. The summed E-state index contributed by atoms with van der Waals surface area (Å²) in [7, 11) is 0. The third-order valence-corrected chi connectivity index (χ3v) is 2.72. The predicted molar refractivity (Wildman–Crippen MR) is 64.7 cm³/mol. The summed E-state index contributed by atoms with van der Waals surface area (Å²) in [6.07, 6.45) is 1.63. The van der Waals surface area contributed by atoms with Crippen LogP contribution in [0.1, 0.15) is 33.1 Å². The van der Waals surface area contributed by atoms with Crippen LogP contribution in [-0.4, -0.2) is 48.4 Å². The van der Waals surface area contributed by atoms with Crippen LogP contribution in [0.4, 0.5) is 0 Å². The Bertz CT molecular complexity index is 330. The van der Waals surface area contributed by atoms with Crippen LogP contribution >= 0.6 is 0 Å². The Hall–Kier alpha value is -1.59. The molecule has 1 heterocycles. The van der Waals surface area contributed by atoms with E-state index in [0.717, 1.165) is 6.42 Å². The van der Waals surface area contributed by atoms with E-state index in [1.807, 2.05) is 6.92 Å². The summed E-state index contributed by atoms with van der Waals surface area (Å²) in [6, 6.07) is -0.488. The molecule has 0 saturated carbocycles. The summed E-state index contributed by atoms with van der Waals surface area (Å²) in [5.41, 5.74) is 0. The van der Waals surface area contributed by atoms with E-state index >= 15 is 0 Å². The van der Waals surface area contributed by atoms with E-state index < -0.39 is 12.0 Å². The molecular weight excluding hydrogens is 236 g/mol. The second kappa shape index (κ2) is 6.98. The topological polar surface area (TPSA) is 75.7 Å². The van der Waals surface area contributed by atoms with Gasteiger partial charge in [-0.15, -0.1) is 0 Å². The Morgan fingerprint density at radius 3 is 2.67 bits per heavy atom. The largest absolute Gasteiger partial charge is 0.465 e. The molecule has 0 aromatic rings. The standard InChI is InChI=1S/C12H20N2O4/c1-3-7-14(8-11(16)18-4-2)12(17)9-5-6-10(15)13-9/h9H,3-8H2,1-2H3,(H,13,15). The summed E-state index contributed by atoms with van der Waals surface area (Å²) >= 11 is 0. The molecule has 18 heavy (non-hydrogen) atoms. The lowest BCUT2D eigenvalue weighted by molar-refractivity contribution is -0.149. The van der Waals surface area contributed by atoms with Crippen molar-refractivity contribution in [1.82, 2.24) is 10.2 Å². The van der Waals surface area contributed by atoms with Gasteiger partial charge in [-0.05, 0) is 19.8 Å². The van der Waals surface area contributed by atoms with Crippen molar-refractivity contribution in [2.45, 2.75) is 39.2 Å². The fraction of sp³-hybridized carbons (Fsp3) is 0.750. The Kier molecular flexibility index (Phi) is 5.61. The second-order valence-corrected chi connectivity index (χ2v) is 4.22. The zero-order valence-electron chi connectivity index (χ0n) is 10.9. The molecule has 1 atom stereocenters. The van der Waals surface area contributed by atoms with Crippen molar-refractivity contribution >= 4 is 17.8 Å². The van der Waals surface area contributed by atoms with E-state index in [9.17, 15) is 14.4 Å². The smallest absolute Gasteiger partial charge is 0.325 e. The van der Waals surface area contributed by atoms with Crippen molar-refractivity contribution in [2.75, 3.05) is 19.7 Å². The normalized spacial score (nSPS) is 18.3. The first kappa shape index (κ1) is 14.5. The molecule has 102 valence electrons. The summed E-state index contributed by atoms with van der Waals surface area (Å²) in [4.78, 5) is 36.1. The molecule has 1 aliphatic heterocycles. The number of nitrogens with one attached hydrogen (secondary N) is 1. The van der Waals surface area contributed by atoms with E-state index in [0.29, 0.717) is 26.0 Å². The molecule has 1 fully saturated rings. The molecule has 0 radical (unpaired) electrons. The molecule has 1 unspecified atom stereocenters. The molecule has 1 N–H and O–H groups in total. The second-order valence-electron chi connectivity index (χ2n) is 4.22. The summed E-state index contributed by atoms with van der Waals surface area (Å²) in [5, 5.41) is 2.62. The molecule has 1 aliphatic rings. The molecule has 1 rings (SSSR count). The van der Waals surface area contributed by atoms with Gasteiger partial charge >= 0.3 is 5.97 Å². The van der Waals surface area contributed by atoms with Crippen LogP contribution < -0.4 is 5.32 Å². The summed E-state index contributed by atoms with van der Waals surface area (Å²) in [5.74, 6) is -0.722. The highest BCUT2D eigenvalue weighted by Crippen LogP contribution is 2.10. The molecule has 6 heteroatoms. The number of hydrogen-bond acceptors (Lipinski definition) is 4. The van der Waals surface area contributed by atoms with Gasteiger partial charge in [0.05, 0.1) is 6.61 Å². The molecule has 6 nitrogen and oxygen atoms in total. The van der Waals surface area contributed by atoms with Crippen molar-refractivity contribution in [3.8, 4) is 0 Å². The average molecular weight is 256 g/mol. The maximum atomic E-state index is 12.1. The number of amides is 2. The maximum absolute atomic E-state index is 12.1. The number of rotatable bonds is 6. The lowest BCUT2D eigenvalue weighted by Crippen LogP contribution is -2.47. The first-order valence-corrected chi connectivity index (χ1v) is 6.32. The van der Waals surface area contributed by atoms with E-state index in [2.05, 4.69) is 5.32 Å². The Balaban J connectivity index is 2.57. The summed E-state index contributed by atoms with van der Waals surface area (Å²) < 4.78 is 4.83. The van der Waals surface area contributed by atoms with Gasteiger partial charge < -0.3 is 15.0 Å². The Morgan fingerprint density at radius 2 is 2.17 bits per heavy atom. The number of esters is 1. The molecule has 0 aromatic heterocycles. The minimum atomic E-state index is -0.488. The molecule has 0 bridgehead atoms. The summed E-state index contributed by atoms with van der Waals surface area (Å²) in [6.45, 7) is 4.39. The van der Waals surface area contributed by atoms with E-state index in [-0.39, 0.29) is 18.4 Å². The molecule has 0 aromatic carbocycles. The molecule has 2 amide bonds. The number of ether oxygens (including phenoxy) is 1. The quantitative estimate of drug-likeness (QED) is 0.682. The van der Waals surface area contributed by atoms with Crippen LogP contribution in [0.15, 0.2) is 0 Å². The zero-order chi connectivity index (χ0) is 13.5. The molecule has 0 aliphatic carbocycles. The number of carbonyl (C=O) groups excluding carboxylic acids is 3. The van der Waals surface area contributed by atoms with Crippen molar-refractivity contribution in [3.63, 3.8) is 0 Å². The first-order valence-electron chi connectivity index (χ1n) is 6.32. The van der Waals surface area contributed by atoms with Gasteiger partial charge in [-0.25, -0.2) is 0 Å². The van der Waals surface area contributed by atoms with Crippen LogP contribution in [0.5, 0.6) is 0 Å². The van der Waals surface area contributed by atoms with Gasteiger partial charge in [0, 0.05) is 13.0 Å². The van der Waals surface area contributed by atoms with Crippen LogP contribution in [0.25, 0.3) is 0 Å². The number of hydrogen-bond donors (Lipinski definition) is 1.